The van der Waals surface area contributed by atoms with Crippen molar-refractivity contribution >= 4 is 14.0 Å². The van der Waals surface area contributed by atoms with Crippen LogP contribution in [0.3, 0.4) is 0 Å². The van der Waals surface area contributed by atoms with Gasteiger partial charge in [-0.2, -0.15) is 0 Å². The van der Waals surface area contributed by atoms with E-state index < -0.39 is 0 Å². The average molecular weight is 358 g/mol. The Bertz CT molecular complexity index is 612. The molecule has 2 aliphatic heterocycles. The molecular formula is C20H32B2O4. The van der Waals surface area contributed by atoms with Gasteiger partial charge in [-0.15, -0.1) is 0 Å². The van der Waals surface area contributed by atoms with Gasteiger partial charge in [0, 0.05) is 0 Å². The SMILES string of the molecule is CC1(C)C2CC1[C@]1(C)OB(B3O[C@@H]4CC5CC(C5(C)C)[C@]4(C)O3)O[C@@H]1C2. The highest BCUT2D eigenvalue weighted by Gasteiger charge is 2.73. The molecule has 4 bridgehead atoms. The molecule has 2 saturated heterocycles. The van der Waals surface area contributed by atoms with E-state index in [1.807, 2.05) is 0 Å². The summed E-state index contributed by atoms with van der Waals surface area (Å²) in [4.78, 5) is 0. The summed E-state index contributed by atoms with van der Waals surface area (Å²) in [6, 6.07) is 0. The third-order valence-electron chi connectivity index (χ3n) is 10.2. The molecule has 8 fully saturated rings. The normalized spacial score (nSPS) is 57.9. The summed E-state index contributed by atoms with van der Waals surface area (Å²) >= 11 is 0. The lowest BCUT2D eigenvalue weighted by Gasteiger charge is -2.64. The van der Waals surface area contributed by atoms with E-state index in [-0.39, 0.29) is 37.4 Å². The van der Waals surface area contributed by atoms with Crippen LogP contribution in [0.5, 0.6) is 0 Å². The summed E-state index contributed by atoms with van der Waals surface area (Å²) < 4.78 is 26.1. The maximum Gasteiger partial charge on any atom is 0.488 e. The minimum atomic E-state index is -0.372. The lowest BCUT2D eigenvalue weighted by Crippen LogP contribution is -2.65. The minimum absolute atomic E-state index is 0.189. The molecule has 0 amide bonds. The van der Waals surface area contributed by atoms with Gasteiger partial charge in [-0.1, -0.05) is 27.7 Å². The highest BCUT2D eigenvalue weighted by molar-refractivity contribution is 7.11. The molecule has 0 aromatic heterocycles. The van der Waals surface area contributed by atoms with Crippen LogP contribution in [0.15, 0.2) is 0 Å². The van der Waals surface area contributed by atoms with Crippen LogP contribution in [0.2, 0.25) is 0 Å². The van der Waals surface area contributed by atoms with Crippen molar-refractivity contribution in [2.24, 2.45) is 34.5 Å². The second kappa shape index (κ2) is 4.58. The van der Waals surface area contributed by atoms with Gasteiger partial charge in [0.2, 0.25) is 0 Å². The molecule has 8 aliphatic rings. The minimum Gasteiger partial charge on any atom is -0.407 e. The smallest absolute Gasteiger partial charge is 0.407 e. The second-order valence-corrected chi connectivity index (χ2v) is 11.7. The molecule has 4 unspecified atom stereocenters. The van der Waals surface area contributed by atoms with E-state index in [9.17, 15) is 0 Å². The first kappa shape index (κ1) is 16.9. The summed E-state index contributed by atoms with van der Waals surface area (Å²) in [5, 5.41) is 0. The van der Waals surface area contributed by atoms with E-state index in [4.69, 9.17) is 18.6 Å². The van der Waals surface area contributed by atoms with Crippen molar-refractivity contribution in [3.63, 3.8) is 0 Å². The second-order valence-electron chi connectivity index (χ2n) is 11.7. The highest BCUT2D eigenvalue weighted by Crippen LogP contribution is 2.67. The number of hydrogen-bond donors (Lipinski definition) is 0. The summed E-state index contributed by atoms with van der Waals surface area (Å²) in [5.41, 5.74) is 0.357. The Morgan fingerprint density at radius 3 is 1.35 bits per heavy atom. The van der Waals surface area contributed by atoms with Crippen molar-refractivity contribution in [2.45, 2.75) is 90.6 Å². The molecule has 8 atom stereocenters. The molecule has 6 heteroatoms. The Labute approximate surface area is 158 Å². The Morgan fingerprint density at radius 2 is 1.00 bits per heavy atom. The molecule has 0 N–H and O–H groups in total. The molecule has 26 heavy (non-hydrogen) atoms. The van der Waals surface area contributed by atoms with Crippen LogP contribution in [-0.4, -0.2) is 37.4 Å². The van der Waals surface area contributed by atoms with Crippen LogP contribution in [0.1, 0.15) is 67.2 Å². The van der Waals surface area contributed by atoms with E-state index >= 15 is 0 Å². The van der Waals surface area contributed by atoms with Gasteiger partial charge in [-0.3, -0.25) is 0 Å². The standard InChI is InChI=1S/C20H32B2O4/c1-17(2)11-7-13(17)19(5)15(9-11)23-21(25-19)22-24-16-10-12-8-14(18(12,3)4)20(16,6)26-22/h11-16H,7-10H2,1-6H3/t11?,12?,13?,14?,15-,16-,19+,20+/m1/s1. The summed E-state index contributed by atoms with van der Waals surface area (Å²) in [6.45, 7) is 14.1. The van der Waals surface area contributed by atoms with Crippen molar-refractivity contribution in [3.8, 4) is 0 Å². The maximum atomic E-state index is 6.60. The number of hydrogen-bond acceptors (Lipinski definition) is 4. The van der Waals surface area contributed by atoms with E-state index in [0.717, 1.165) is 24.7 Å². The summed E-state index contributed by atoms with van der Waals surface area (Å²) in [6.07, 6.45) is 5.17. The molecule has 142 valence electrons. The van der Waals surface area contributed by atoms with Gasteiger partial charge in [-0.05, 0) is 74.0 Å². The molecular weight excluding hydrogens is 326 g/mol. The van der Waals surface area contributed by atoms with E-state index in [2.05, 4.69) is 41.5 Å². The first-order chi connectivity index (χ1) is 12.1. The summed E-state index contributed by atoms with van der Waals surface area (Å²) in [7, 11) is -0.745. The molecule has 6 aliphatic carbocycles. The quantitative estimate of drug-likeness (QED) is 0.673. The van der Waals surface area contributed by atoms with Crippen LogP contribution < -0.4 is 0 Å². The Kier molecular flexibility index (Phi) is 2.97. The van der Waals surface area contributed by atoms with Crippen molar-refractivity contribution in [2.75, 3.05) is 0 Å². The van der Waals surface area contributed by atoms with Gasteiger partial charge in [0.1, 0.15) is 0 Å². The number of rotatable bonds is 1. The molecule has 4 nitrogen and oxygen atoms in total. The molecule has 0 aromatic carbocycles. The highest BCUT2D eigenvalue weighted by atomic mass is 16.7. The van der Waals surface area contributed by atoms with Gasteiger partial charge >= 0.3 is 14.0 Å². The van der Waals surface area contributed by atoms with Crippen LogP contribution >= 0.6 is 0 Å². The Balaban J connectivity index is 1.24. The first-order valence-electron chi connectivity index (χ1n) is 10.7. The molecule has 2 heterocycles. The van der Waals surface area contributed by atoms with Crippen molar-refractivity contribution in [1.29, 1.82) is 0 Å². The van der Waals surface area contributed by atoms with E-state index in [1.54, 1.807) is 0 Å². The van der Waals surface area contributed by atoms with Crippen LogP contribution in [0.4, 0.5) is 0 Å². The van der Waals surface area contributed by atoms with Crippen LogP contribution in [-0.2, 0) is 18.6 Å². The lowest BCUT2D eigenvalue weighted by atomic mass is 9.43. The third-order valence-corrected chi connectivity index (χ3v) is 10.2. The lowest BCUT2D eigenvalue weighted by molar-refractivity contribution is -0.200. The van der Waals surface area contributed by atoms with Gasteiger partial charge in [0.05, 0.1) is 23.4 Å². The maximum absolute atomic E-state index is 6.60. The zero-order chi connectivity index (χ0) is 18.3. The summed E-state index contributed by atoms with van der Waals surface area (Å²) in [5.74, 6) is 2.70. The monoisotopic (exact) mass is 358 g/mol. The third kappa shape index (κ3) is 1.71. The molecule has 0 aromatic rings. The average Bonchev–Trinajstić information content (AvgIpc) is 3.09. The van der Waals surface area contributed by atoms with Gasteiger partial charge in [0.15, 0.2) is 0 Å². The molecule has 0 spiro atoms. The molecule has 0 radical (unpaired) electrons. The Morgan fingerprint density at radius 1 is 0.615 bits per heavy atom. The van der Waals surface area contributed by atoms with Crippen molar-refractivity contribution in [1.82, 2.24) is 0 Å². The van der Waals surface area contributed by atoms with Crippen molar-refractivity contribution < 1.29 is 18.6 Å². The topological polar surface area (TPSA) is 36.9 Å². The van der Waals surface area contributed by atoms with Crippen LogP contribution in [0.25, 0.3) is 0 Å². The van der Waals surface area contributed by atoms with Gasteiger partial charge in [0.25, 0.3) is 0 Å². The van der Waals surface area contributed by atoms with E-state index in [0.29, 0.717) is 22.7 Å². The zero-order valence-electron chi connectivity index (χ0n) is 17.1. The predicted octanol–water partition coefficient (Wildman–Crippen LogP) is 3.52. The van der Waals surface area contributed by atoms with Crippen LogP contribution in [0, 0.1) is 34.5 Å². The fourth-order valence-corrected chi connectivity index (χ4v) is 8.03. The predicted molar refractivity (Wildman–Crippen MR) is 100 cm³/mol. The largest absolute Gasteiger partial charge is 0.488 e. The molecule has 8 rings (SSSR count). The zero-order valence-corrected chi connectivity index (χ0v) is 17.1. The van der Waals surface area contributed by atoms with Gasteiger partial charge < -0.3 is 18.6 Å². The molecule has 6 saturated carbocycles. The Hall–Kier alpha value is -0.0301. The van der Waals surface area contributed by atoms with E-state index in [1.165, 1.54) is 12.8 Å². The fourth-order valence-electron chi connectivity index (χ4n) is 8.03. The van der Waals surface area contributed by atoms with Gasteiger partial charge in [-0.25, -0.2) is 0 Å². The first-order valence-corrected chi connectivity index (χ1v) is 10.7. The fraction of sp³-hybridized carbons (Fsp3) is 1.00. The van der Waals surface area contributed by atoms with Crippen molar-refractivity contribution in [3.05, 3.63) is 0 Å².